The molecular weight excluding hydrogens is 677 g/mol. The number of hydrogen-bond acceptors (Lipinski definition) is 1. The molecule has 0 aliphatic heterocycles. The summed E-state index contributed by atoms with van der Waals surface area (Å²) in [4.78, 5) is 2.42. The third-order valence-electron chi connectivity index (χ3n) is 12.5. The molecule has 1 aromatic heterocycles. The molecule has 4 aliphatic rings. The molecule has 0 fully saturated rings. The van der Waals surface area contributed by atoms with E-state index in [0.29, 0.717) is 5.92 Å². The number of hydrogen-bond donors (Lipinski definition) is 0. The summed E-state index contributed by atoms with van der Waals surface area (Å²) in [7, 11) is 0. The fraction of sp³-hybridized carbons (Fsp3) is 0.0741. The van der Waals surface area contributed by atoms with Gasteiger partial charge in [-0.3, -0.25) is 0 Å². The van der Waals surface area contributed by atoms with E-state index in [1.54, 1.807) is 0 Å². The van der Waals surface area contributed by atoms with Crippen molar-refractivity contribution >= 4 is 55.7 Å². The first kappa shape index (κ1) is 31.5. The van der Waals surface area contributed by atoms with Gasteiger partial charge in [0.25, 0.3) is 0 Å². The Bertz CT molecular complexity index is 3040. The minimum absolute atomic E-state index is 0.312. The Morgan fingerprint density at radius 1 is 0.482 bits per heavy atom. The summed E-state index contributed by atoms with van der Waals surface area (Å²) in [5, 5.41) is 2.57. The lowest BCUT2D eigenvalue weighted by Gasteiger charge is -2.30. The topological polar surface area (TPSA) is 8.17 Å². The largest absolute Gasteiger partial charge is 0.310 e. The highest BCUT2D eigenvalue weighted by molar-refractivity contribution is 6.14. The van der Waals surface area contributed by atoms with Crippen LogP contribution in [0.2, 0.25) is 0 Å². The lowest BCUT2D eigenvalue weighted by atomic mass is 9.75. The quantitative estimate of drug-likeness (QED) is 0.172. The van der Waals surface area contributed by atoms with Gasteiger partial charge in [0.15, 0.2) is 0 Å². The van der Waals surface area contributed by atoms with Crippen LogP contribution in [0.4, 0.5) is 17.1 Å². The monoisotopic (exact) mass is 714 g/mol. The number of allylic oxidation sites excluding steroid dienone is 8. The molecule has 0 saturated carbocycles. The van der Waals surface area contributed by atoms with Gasteiger partial charge >= 0.3 is 0 Å². The third-order valence-corrected chi connectivity index (χ3v) is 12.5. The first-order chi connectivity index (χ1) is 27.8. The van der Waals surface area contributed by atoms with Crippen molar-refractivity contribution in [3.8, 4) is 33.4 Å². The Morgan fingerprint density at radius 2 is 1.21 bits per heavy atom. The van der Waals surface area contributed by atoms with Crippen LogP contribution in [-0.2, 0) is 0 Å². The minimum Gasteiger partial charge on any atom is -0.310 e. The standard InChI is InChI=1S/C54H38N2/c1-3-13-37(14-4-1)55(39-28-25-35(26-29-39)36-27-32-52-49(33-36)43-18-9-10-24-51(43)56(52)38-15-5-2-6-16-38)40-30-31-42-46-21-12-22-47-48-23-11-20-45(54(48)50(42)34-40)41-17-7-8-19-44(41)53(46)47/h1,3-5,7-20,22-34,46H,2,6,21H2. The van der Waals surface area contributed by atoms with Crippen molar-refractivity contribution in [3.63, 3.8) is 0 Å². The van der Waals surface area contributed by atoms with E-state index in [9.17, 15) is 0 Å². The zero-order valence-corrected chi connectivity index (χ0v) is 31.0. The van der Waals surface area contributed by atoms with Gasteiger partial charge in [0, 0.05) is 39.4 Å². The molecule has 8 aromatic rings. The van der Waals surface area contributed by atoms with Crippen molar-refractivity contribution in [1.82, 2.24) is 4.57 Å². The van der Waals surface area contributed by atoms with Gasteiger partial charge in [0.1, 0.15) is 0 Å². The maximum atomic E-state index is 2.46. The molecule has 0 spiro atoms. The Kier molecular flexibility index (Phi) is 6.91. The molecule has 1 atom stereocenters. The molecule has 7 aromatic carbocycles. The number of para-hydroxylation sites is 2. The summed E-state index contributed by atoms with van der Waals surface area (Å²) < 4.78 is 2.43. The van der Waals surface area contributed by atoms with Gasteiger partial charge < -0.3 is 9.47 Å². The van der Waals surface area contributed by atoms with Crippen LogP contribution in [0, 0.1) is 0 Å². The second-order valence-electron chi connectivity index (χ2n) is 15.5. The fourth-order valence-corrected chi connectivity index (χ4v) is 10.0. The maximum absolute atomic E-state index is 2.46. The van der Waals surface area contributed by atoms with Crippen molar-refractivity contribution in [2.75, 3.05) is 4.90 Å². The van der Waals surface area contributed by atoms with Gasteiger partial charge in [-0.25, -0.2) is 0 Å². The number of fused-ring (bicyclic) bond motifs is 7. The Morgan fingerprint density at radius 3 is 2.09 bits per heavy atom. The second-order valence-corrected chi connectivity index (χ2v) is 15.5. The van der Waals surface area contributed by atoms with Crippen molar-refractivity contribution in [2.45, 2.75) is 25.2 Å². The zero-order chi connectivity index (χ0) is 36.7. The highest BCUT2D eigenvalue weighted by Crippen LogP contribution is 2.58. The number of benzene rings is 7. The Labute approximate surface area is 327 Å². The van der Waals surface area contributed by atoms with E-state index in [-0.39, 0.29) is 0 Å². The van der Waals surface area contributed by atoms with Gasteiger partial charge in [-0.15, -0.1) is 0 Å². The third kappa shape index (κ3) is 4.63. The number of rotatable bonds is 5. The number of anilines is 3. The molecule has 0 saturated heterocycles. The first-order valence-corrected chi connectivity index (χ1v) is 19.9. The van der Waals surface area contributed by atoms with E-state index in [1.807, 2.05) is 0 Å². The van der Waals surface area contributed by atoms with E-state index in [2.05, 4.69) is 198 Å². The smallest absolute Gasteiger partial charge is 0.0541 e. The van der Waals surface area contributed by atoms with Crippen molar-refractivity contribution < 1.29 is 0 Å². The molecule has 264 valence electrons. The van der Waals surface area contributed by atoms with E-state index < -0.39 is 0 Å². The SMILES string of the molecule is C1=CC(n2c3ccccc3c3cc(-c4ccc(N(c5ccccc5)c5ccc6c(c5)-c5c7cccc5-c5ccccc5C5=C7C=CCC56)cc4)ccc32)=CCC1. The summed E-state index contributed by atoms with van der Waals surface area (Å²) >= 11 is 0. The maximum Gasteiger partial charge on any atom is 0.0541 e. The van der Waals surface area contributed by atoms with E-state index in [1.165, 1.54) is 88.7 Å². The van der Waals surface area contributed by atoms with Crippen molar-refractivity contribution in [2.24, 2.45) is 0 Å². The molecule has 0 N–H and O–H groups in total. The van der Waals surface area contributed by atoms with Crippen LogP contribution < -0.4 is 4.90 Å². The molecule has 0 amide bonds. The molecule has 56 heavy (non-hydrogen) atoms. The molecule has 4 aliphatic carbocycles. The van der Waals surface area contributed by atoms with Gasteiger partial charge in [-0.05, 0) is 141 Å². The van der Waals surface area contributed by atoms with Crippen molar-refractivity contribution in [1.29, 1.82) is 0 Å². The number of nitrogens with zero attached hydrogens (tertiary/aromatic N) is 2. The average Bonchev–Trinajstić information content (AvgIpc) is 3.54. The molecule has 6 bridgehead atoms. The second kappa shape index (κ2) is 12.3. The van der Waals surface area contributed by atoms with Crippen molar-refractivity contribution in [3.05, 3.63) is 205 Å². The summed E-state index contributed by atoms with van der Waals surface area (Å²) in [6.07, 6.45) is 14.9. The molecular formula is C54H38N2. The van der Waals surface area contributed by atoms with Crippen LogP contribution in [-0.4, -0.2) is 4.57 Å². The lowest BCUT2D eigenvalue weighted by molar-refractivity contribution is 0.881. The summed E-state index contributed by atoms with van der Waals surface area (Å²) in [6, 6.07) is 58.9. The van der Waals surface area contributed by atoms with E-state index in [4.69, 9.17) is 0 Å². The predicted molar refractivity (Wildman–Crippen MR) is 236 cm³/mol. The normalized spacial score (nSPS) is 16.1. The molecule has 1 unspecified atom stereocenters. The van der Waals surface area contributed by atoms with E-state index in [0.717, 1.165) is 36.3 Å². The zero-order valence-electron chi connectivity index (χ0n) is 31.0. The Hall–Kier alpha value is -6.90. The average molecular weight is 715 g/mol. The Balaban J connectivity index is 0.985. The molecule has 0 radical (unpaired) electrons. The summed E-state index contributed by atoms with van der Waals surface area (Å²) in [5.74, 6) is 0.312. The lowest BCUT2D eigenvalue weighted by Crippen LogP contribution is -2.12. The number of aromatic nitrogens is 1. The van der Waals surface area contributed by atoms with Crippen LogP contribution in [0.5, 0.6) is 0 Å². The highest BCUT2D eigenvalue weighted by Gasteiger charge is 2.36. The van der Waals surface area contributed by atoms with Gasteiger partial charge in [0.05, 0.1) is 11.0 Å². The minimum atomic E-state index is 0.312. The summed E-state index contributed by atoms with van der Waals surface area (Å²) in [5.41, 5.74) is 22.0. The summed E-state index contributed by atoms with van der Waals surface area (Å²) in [6.45, 7) is 0. The van der Waals surface area contributed by atoms with Gasteiger partial charge in [-0.2, -0.15) is 0 Å². The van der Waals surface area contributed by atoms with Gasteiger partial charge in [-0.1, -0.05) is 127 Å². The van der Waals surface area contributed by atoms with Crippen LogP contribution in [0.3, 0.4) is 0 Å². The predicted octanol–water partition coefficient (Wildman–Crippen LogP) is 14.7. The van der Waals surface area contributed by atoms with Crippen LogP contribution in [0.25, 0.3) is 72.0 Å². The molecule has 12 rings (SSSR count). The first-order valence-electron chi connectivity index (χ1n) is 19.9. The van der Waals surface area contributed by atoms with Gasteiger partial charge in [0.2, 0.25) is 0 Å². The highest BCUT2D eigenvalue weighted by atomic mass is 15.1. The fourth-order valence-electron chi connectivity index (χ4n) is 10.0. The molecule has 2 nitrogen and oxygen atoms in total. The molecule has 1 heterocycles. The van der Waals surface area contributed by atoms with Crippen LogP contribution in [0.1, 0.15) is 41.9 Å². The van der Waals surface area contributed by atoms with Crippen LogP contribution >= 0.6 is 0 Å². The van der Waals surface area contributed by atoms with Crippen LogP contribution in [0.15, 0.2) is 188 Å². The van der Waals surface area contributed by atoms with E-state index >= 15 is 0 Å². The molecule has 2 heteroatoms.